The Labute approximate surface area is 127 Å². The lowest BCUT2D eigenvalue weighted by molar-refractivity contribution is -0.161. The molecule has 6 nitrogen and oxygen atoms in total. The molecule has 2 N–H and O–H groups in total. The maximum atomic E-state index is 12.2. The average Bonchev–Trinajstić information content (AvgIpc) is 2.41. The normalized spacial score (nSPS) is 12.4. The van der Waals surface area contributed by atoms with E-state index in [-0.39, 0.29) is 24.8 Å². The highest BCUT2D eigenvalue weighted by molar-refractivity contribution is 5.84. The minimum absolute atomic E-state index is 0.101. The van der Waals surface area contributed by atoms with Crippen molar-refractivity contribution in [2.75, 3.05) is 13.1 Å². The van der Waals surface area contributed by atoms with Crippen LogP contribution in [0.3, 0.4) is 0 Å². The van der Waals surface area contributed by atoms with Crippen LogP contribution in [0.4, 0.5) is 0 Å². The predicted octanol–water partition coefficient (Wildman–Crippen LogP) is 1.39. The molecule has 0 saturated heterocycles. The largest absolute Gasteiger partial charge is 0.452 e. The molecule has 6 heteroatoms. The van der Waals surface area contributed by atoms with Crippen LogP contribution in [-0.4, -0.2) is 37.0 Å². The summed E-state index contributed by atoms with van der Waals surface area (Å²) in [6.45, 7) is 9.78. The Morgan fingerprint density at radius 3 is 2.19 bits per heavy atom. The van der Waals surface area contributed by atoms with Crippen molar-refractivity contribution in [3.63, 3.8) is 0 Å². The first-order valence-corrected chi connectivity index (χ1v) is 7.46. The van der Waals surface area contributed by atoms with Crippen LogP contribution < -0.4 is 10.6 Å². The molecule has 1 unspecified atom stereocenters. The fourth-order valence-corrected chi connectivity index (χ4v) is 1.66. The van der Waals surface area contributed by atoms with E-state index in [1.165, 1.54) is 6.92 Å². The second-order valence-corrected chi connectivity index (χ2v) is 5.72. The summed E-state index contributed by atoms with van der Waals surface area (Å²) in [6.07, 6.45) is 0.927. The predicted molar refractivity (Wildman–Crippen MR) is 80.6 cm³/mol. The molecule has 0 radical (unpaired) electrons. The number of ether oxygens (including phenoxy) is 1. The number of rotatable bonds is 9. The molecule has 2 amide bonds. The number of esters is 1. The summed E-state index contributed by atoms with van der Waals surface area (Å²) in [5.41, 5.74) is -0.458. The van der Waals surface area contributed by atoms with Crippen molar-refractivity contribution in [2.24, 2.45) is 5.41 Å². The molecule has 0 aromatic carbocycles. The third-order valence-electron chi connectivity index (χ3n) is 3.37. The van der Waals surface area contributed by atoms with Gasteiger partial charge in [-0.05, 0) is 12.8 Å². The second-order valence-electron chi connectivity index (χ2n) is 5.72. The monoisotopic (exact) mass is 300 g/mol. The summed E-state index contributed by atoms with van der Waals surface area (Å²) in [5, 5.41) is 5.39. The van der Waals surface area contributed by atoms with Crippen LogP contribution in [0.2, 0.25) is 0 Å². The van der Waals surface area contributed by atoms with Gasteiger partial charge in [0.05, 0.1) is 0 Å². The van der Waals surface area contributed by atoms with Crippen LogP contribution >= 0.6 is 0 Å². The minimum Gasteiger partial charge on any atom is -0.452 e. The standard InChI is InChI=1S/C15H28N2O4/c1-6-9-16-12(19)8-10-17-14(20)13(21-11(3)18)15(4,5)7-2/h13H,6-10H2,1-5H3,(H,16,19)(H,17,20). The smallest absolute Gasteiger partial charge is 0.303 e. The van der Waals surface area contributed by atoms with Gasteiger partial charge >= 0.3 is 5.97 Å². The molecule has 0 aliphatic carbocycles. The van der Waals surface area contributed by atoms with Gasteiger partial charge in [-0.3, -0.25) is 14.4 Å². The first kappa shape index (κ1) is 19.4. The topological polar surface area (TPSA) is 84.5 Å². The molecule has 0 heterocycles. The van der Waals surface area contributed by atoms with Gasteiger partial charge in [-0.15, -0.1) is 0 Å². The van der Waals surface area contributed by atoms with Crippen LogP contribution in [0.15, 0.2) is 0 Å². The molecule has 0 aliphatic heterocycles. The molecule has 0 rings (SSSR count). The van der Waals surface area contributed by atoms with Crippen LogP contribution in [0, 0.1) is 5.41 Å². The van der Waals surface area contributed by atoms with Gasteiger partial charge in [0.2, 0.25) is 5.91 Å². The molecule has 122 valence electrons. The molecular formula is C15H28N2O4. The maximum absolute atomic E-state index is 12.2. The summed E-state index contributed by atoms with van der Waals surface area (Å²) in [5.74, 6) is -0.950. The molecule has 1 atom stereocenters. The van der Waals surface area contributed by atoms with Crippen molar-refractivity contribution in [2.45, 2.75) is 60.0 Å². The fraction of sp³-hybridized carbons (Fsp3) is 0.800. The zero-order valence-electron chi connectivity index (χ0n) is 13.7. The fourth-order valence-electron chi connectivity index (χ4n) is 1.66. The van der Waals surface area contributed by atoms with Crippen LogP contribution in [-0.2, 0) is 19.1 Å². The summed E-state index contributed by atoms with van der Waals surface area (Å²) in [6, 6.07) is 0. The average molecular weight is 300 g/mol. The van der Waals surface area contributed by atoms with Gasteiger partial charge in [0.15, 0.2) is 6.10 Å². The van der Waals surface area contributed by atoms with Crippen LogP contribution in [0.25, 0.3) is 0 Å². The van der Waals surface area contributed by atoms with Crippen molar-refractivity contribution < 1.29 is 19.1 Å². The molecular weight excluding hydrogens is 272 g/mol. The first-order valence-electron chi connectivity index (χ1n) is 7.46. The first-order chi connectivity index (χ1) is 9.74. The van der Waals surface area contributed by atoms with E-state index in [0.29, 0.717) is 13.0 Å². The van der Waals surface area contributed by atoms with Crippen molar-refractivity contribution in [3.05, 3.63) is 0 Å². The second kappa shape index (κ2) is 9.37. The molecule has 0 spiro atoms. The van der Waals surface area contributed by atoms with E-state index in [4.69, 9.17) is 4.74 Å². The lowest BCUT2D eigenvalue weighted by Gasteiger charge is -2.31. The van der Waals surface area contributed by atoms with Gasteiger partial charge in [-0.25, -0.2) is 0 Å². The number of nitrogens with one attached hydrogen (secondary N) is 2. The zero-order chi connectivity index (χ0) is 16.5. The Kier molecular flexibility index (Phi) is 8.66. The highest BCUT2D eigenvalue weighted by Gasteiger charge is 2.36. The highest BCUT2D eigenvalue weighted by atomic mass is 16.5. The minimum atomic E-state index is -0.848. The number of amides is 2. The van der Waals surface area contributed by atoms with Gasteiger partial charge in [0, 0.05) is 31.8 Å². The van der Waals surface area contributed by atoms with E-state index in [0.717, 1.165) is 6.42 Å². The van der Waals surface area contributed by atoms with Crippen molar-refractivity contribution in [3.8, 4) is 0 Å². The van der Waals surface area contributed by atoms with E-state index in [9.17, 15) is 14.4 Å². The summed E-state index contributed by atoms with van der Waals surface area (Å²) in [4.78, 5) is 34.8. The van der Waals surface area contributed by atoms with E-state index in [1.807, 2.05) is 27.7 Å². The Morgan fingerprint density at radius 1 is 1.10 bits per heavy atom. The van der Waals surface area contributed by atoms with Crippen molar-refractivity contribution >= 4 is 17.8 Å². The maximum Gasteiger partial charge on any atom is 0.303 e. The summed E-state index contributed by atoms with van der Waals surface area (Å²) in [7, 11) is 0. The molecule has 0 aromatic heterocycles. The number of hydrogen-bond acceptors (Lipinski definition) is 4. The van der Waals surface area contributed by atoms with E-state index >= 15 is 0 Å². The van der Waals surface area contributed by atoms with Crippen molar-refractivity contribution in [1.82, 2.24) is 10.6 Å². The molecule has 0 aliphatic rings. The van der Waals surface area contributed by atoms with E-state index in [1.54, 1.807) is 0 Å². The number of hydrogen-bond donors (Lipinski definition) is 2. The summed E-state index contributed by atoms with van der Waals surface area (Å²) < 4.78 is 5.14. The lowest BCUT2D eigenvalue weighted by Crippen LogP contribution is -2.47. The molecule has 0 bridgehead atoms. The summed E-state index contributed by atoms with van der Waals surface area (Å²) >= 11 is 0. The van der Waals surface area contributed by atoms with E-state index in [2.05, 4.69) is 10.6 Å². The Morgan fingerprint density at radius 2 is 1.71 bits per heavy atom. The Balaban J connectivity index is 4.42. The molecule has 21 heavy (non-hydrogen) atoms. The molecule has 0 aromatic rings. The van der Waals surface area contributed by atoms with E-state index < -0.39 is 17.5 Å². The number of carbonyl (C=O) groups excluding carboxylic acids is 3. The van der Waals surface area contributed by atoms with Crippen LogP contribution in [0.1, 0.15) is 53.9 Å². The third-order valence-corrected chi connectivity index (χ3v) is 3.37. The third kappa shape index (κ3) is 7.68. The van der Waals surface area contributed by atoms with Crippen molar-refractivity contribution in [1.29, 1.82) is 0 Å². The SMILES string of the molecule is CCCNC(=O)CCNC(=O)C(OC(C)=O)C(C)(C)CC. The van der Waals surface area contributed by atoms with Gasteiger partial charge in [-0.1, -0.05) is 27.7 Å². The highest BCUT2D eigenvalue weighted by Crippen LogP contribution is 2.27. The Bertz CT molecular complexity index is 367. The lowest BCUT2D eigenvalue weighted by atomic mass is 9.83. The van der Waals surface area contributed by atoms with Crippen LogP contribution in [0.5, 0.6) is 0 Å². The Hall–Kier alpha value is -1.59. The molecule has 0 fully saturated rings. The van der Waals surface area contributed by atoms with Gasteiger partial charge in [-0.2, -0.15) is 0 Å². The zero-order valence-corrected chi connectivity index (χ0v) is 13.7. The molecule has 0 saturated carbocycles. The van der Waals surface area contributed by atoms with Gasteiger partial charge in [0.1, 0.15) is 0 Å². The van der Waals surface area contributed by atoms with Gasteiger partial charge in [0.25, 0.3) is 5.91 Å². The van der Waals surface area contributed by atoms with Gasteiger partial charge < -0.3 is 15.4 Å². The number of carbonyl (C=O) groups is 3. The quantitative estimate of drug-likeness (QED) is 0.630.